The number of rotatable bonds is 6. The van der Waals surface area contributed by atoms with Crippen molar-refractivity contribution in [2.24, 2.45) is 0 Å². The Bertz CT molecular complexity index is 398. The van der Waals surface area contributed by atoms with Gasteiger partial charge in [-0.1, -0.05) is 0 Å². The van der Waals surface area contributed by atoms with E-state index in [0.29, 0.717) is 13.2 Å². The van der Waals surface area contributed by atoms with E-state index in [1.165, 1.54) is 4.90 Å². The van der Waals surface area contributed by atoms with Gasteiger partial charge in [0, 0.05) is 19.5 Å². The average molecular weight is 292 g/mol. The molecular weight excluding hydrogens is 274 g/mol. The van der Waals surface area contributed by atoms with Crippen molar-refractivity contribution in [2.45, 2.75) is 36.8 Å². The Morgan fingerprint density at radius 3 is 3.15 bits per heavy atom. The molecule has 0 aromatic heterocycles. The number of halogens is 2. The van der Waals surface area contributed by atoms with Gasteiger partial charge in [-0.25, -0.2) is 13.6 Å². The van der Waals surface area contributed by atoms with E-state index in [1.807, 2.05) is 0 Å². The molecule has 3 heterocycles. The van der Waals surface area contributed by atoms with Gasteiger partial charge in [0.05, 0.1) is 12.6 Å². The van der Waals surface area contributed by atoms with Gasteiger partial charge in [-0.05, 0) is 7.05 Å². The van der Waals surface area contributed by atoms with Crippen molar-refractivity contribution in [3.63, 3.8) is 0 Å². The summed E-state index contributed by atoms with van der Waals surface area (Å²) in [6.07, 6.45) is -1.26. The molecule has 3 N–H and O–H groups in total. The number of ether oxygens (including phenoxy) is 1. The Hall–Kier alpha value is -1.03. The third-order valence-corrected chi connectivity index (χ3v) is 3.89. The topological polar surface area (TPSA) is 78.2 Å². The Labute approximate surface area is 114 Å². The highest BCUT2D eigenvalue weighted by Crippen LogP contribution is 2.41. The third-order valence-electron chi connectivity index (χ3n) is 3.89. The Morgan fingerprint density at radius 1 is 1.60 bits per heavy atom. The summed E-state index contributed by atoms with van der Waals surface area (Å²) in [6, 6.07) is -2.14. The number of fused-ring (bicyclic) bond motifs is 2. The summed E-state index contributed by atoms with van der Waals surface area (Å²) in [5.41, 5.74) is 2.67. The van der Waals surface area contributed by atoms with Gasteiger partial charge in [0.15, 0.2) is 6.23 Å². The van der Waals surface area contributed by atoms with Crippen molar-refractivity contribution in [2.75, 3.05) is 26.7 Å². The second-order valence-electron chi connectivity index (χ2n) is 5.28. The predicted octanol–water partition coefficient (Wildman–Crippen LogP) is -0.747. The molecule has 4 atom stereocenters. The van der Waals surface area contributed by atoms with Gasteiger partial charge in [0.1, 0.15) is 12.1 Å². The quantitative estimate of drug-likeness (QED) is 0.341. The van der Waals surface area contributed by atoms with E-state index >= 15 is 0 Å². The van der Waals surface area contributed by atoms with E-state index in [2.05, 4.69) is 16.1 Å². The van der Waals surface area contributed by atoms with E-state index in [-0.39, 0.29) is 13.0 Å². The molecule has 0 aromatic carbocycles. The number of nitrogens with one attached hydrogen (secondary N) is 3. The van der Waals surface area contributed by atoms with Gasteiger partial charge in [-0.15, -0.1) is 0 Å². The van der Waals surface area contributed by atoms with E-state index in [0.717, 1.165) is 0 Å². The number of hydrogen-bond acceptors (Lipinski definition) is 5. The van der Waals surface area contributed by atoms with Gasteiger partial charge in [0.2, 0.25) is 0 Å². The van der Waals surface area contributed by atoms with Gasteiger partial charge in [-0.2, -0.15) is 5.48 Å². The molecule has 0 radical (unpaired) electrons. The number of epoxide rings is 1. The molecule has 0 spiro atoms. The highest BCUT2D eigenvalue weighted by atomic mass is 19.3. The van der Waals surface area contributed by atoms with Gasteiger partial charge < -0.3 is 20.3 Å². The first kappa shape index (κ1) is 13.9. The number of nitrogens with zero attached hydrogens (tertiary/aromatic N) is 1. The predicted molar refractivity (Wildman–Crippen MR) is 64.1 cm³/mol. The zero-order valence-electron chi connectivity index (χ0n) is 11.1. The molecule has 3 aliphatic heterocycles. The van der Waals surface area contributed by atoms with Crippen LogP contribution >= 0.6 is 0 Å². The molecular formula is C11H18F2N4O3. The standard InChI is InChI=1S/C11H18F2N4O3/c1-14-2-3-19-16-9-8(20-9)6-4-11(12,13)7-5-17(6)10(18)15-7/h6-9,14,16H,2-5H2,1H3,(H,15,18)/t6-,7-,8?,9?/m0/s1. The van der Waals surface area contributed by atoms with Crippen LogP contribution in [0.1, 0.15) is 6.42 Å². The number of hydrogen-bond donors (Lipinski definition) is 3. The maximum Gasteiger partial charge on any atom is 0.318 e. The van der Waals surface area contributed by atoms with E-state index < -0.39 is 36.4 Å². The van der Waals surface area contributed by atoms with Gasteiger partial charge in [-0.3, -0.25) is 4.84 Å². The average Bonchev–Trinajstić information content (AvgIpc) is 3.07. The van der Waals surface area contributed by atoms with E-state index in [4.69, 9.17) is 9.57 Å². The zero-order valence-corrected chi connectivity index (χ0v) is 11.1. The molecule has 3 fully saturated rings. The number of amides is 2. The van der Waals surface area contributed by atoms with Crippen LogP contribution in [-0.4, -0.2) is 68.0 Å². The maximum absolute atomic E-state index is 13.8. The number of alkyl halides is 2. The first-order chi connectivity index (χ1) is 9.53. The molecule has 3 rings (SSSR count). The number of hydroxylamine groups is 1. The molecule has 114 valence electrons. The Morgan fingerprint density at radius 2 is 2.40 bits per heavy atom. The van der Waals surface area contributed by atoms with Gasteiger partial charge in [0.25, 0.3) is 5.92 Å². The minimum Gasteiger partial charge on any atom is -0.349 e. The fourth-order valence-corrected chi connectivity index (χ4v) is 2.71. The van der Waals surface area contributed by atoms with E-state index in [1.54, 1.807) is 7.05 Å². The second-order valence-corrected chi connectivity index (χ2v) is 5.28. The SMILES string of the molecule is CNCCONC1OC1[C@@H]1CC(F)(F)[C@@H]2CN1C(=O)N2. The summed E-state index contributed by atoms with van der Waals surface area (Å²) in [4.78, 5) is 18.2. The van der Waals surface area contributed by atoms with Crippen LogP contribution in [0, 0.1) is 0 Å². The largest absolute Gasteiger partial charge is 0.349 e. The number of piperidine rings is 1. The van der Waals surface area contributed by atoms with Crippen LogP contribution in [0.3, 0.4) is 0 Å². The summed E-state index contributed by atoms with van der Waals surface area (Å²) in [6.45, 7) is 1.14. The minimum absolute atomic E-state index is 0.0314. The van der Waals surface area contributed by atoms with Crippen LogP contribution in [0.25, 0.3) is 0 Å². The lowest BCUT2D eigenvalue weighted by atomic mass is 9.94. The second kappa shape index (κ2) is 5.06. The smallest absolute Gasteiger partial charge is 0.318 e. The van der Waals surface area contributed by atoms with Crippen molar-refractivity contribution in [3.8, 4) is 0 Å². The fraction of sp³-hybridized carbons (Fsp3) is 0.909. The number of carbonyl (C=O) groups excluding carboxylic acids is 1. The summed E-state index contributed by atoms with van der Waals surface area (Å²) >= 11 is 0. The lowest BCUT2D eigenvalue weighted by molar-refractivity contribution is -0.0752. The molecule has 20 heavy (non-hydrogen) atoms. The molecule has 2 unspecified atom stereocenters. The normalized spacial score (nSPS) is 38.0. The minimum atomic E-state index is -2.89. The molecule has 3 aliphatic rings. The summed E-state index contributed by atoms with van der Waals surface area (Å²) in [7, 11) is 1.80. The van der Waals surface area contributed by atoms with E-state index in [9.17, 15) is 13.6 Å². The molecule has 3 saturated heterocycles. The lowest BCUT2D eigenvalue weighted by Crippen LogP contribution is -2.53. The van der Waals surface area contributed by atoms with Crippen LogP contribution in [0.15, 0.2) is 0 Å². The van der Waals surface area contributed by atoms with Crippen molar-refractivity contribution in [1.29, 1.82) is 0 Å². The third kappa shape index (κ3) is 2.46. The lowest BCUT2D eigenvalue weighted by Gasteiger charge is -2.34. The number of urea groups is 1. The summed E-state index contributed by atoms with van der Waals surface area (Å²) in [5, 5.41) is 5.22. The molecule has 0 aromatic rings. The summed E-state index contributed by atoms with van der Waals surface area (Å²) < 4.78 is 33.0. The van der Waals surface area contributed by atoms with Crippen LogP contribution in [0.4, 0.5) is 13.6 Å². The monoisotopic (exact) mass is 292 g/mol. The Balaban J connectivity index is 1.54. The van der Waals surface area contributed by atoms with Crippen molar-refractivity contribution >= 4 is 6.03 Å². The molecule has 2 bridgehead atoms. The van der Waals surface area contributed by atoms with Crippen molar-refractivity contribution in [3.05, 3.63) is 0 Å². The highest BCUT2D eigenvalue weighted by molar-refractivity contribution is 5.78. The first-order valence-corrected chi connectivity index (χ1v) is 6.65. The van der Waals surface area contributed by atoms with Crippen molar-refractivity contribution < 1.29 is 23.1 Å². The van der Waals surface area contributed by atoms with Gasteiger partial charge >= 0.3 is 6.03 Å². The van der Waals surface area contributed by atoms with Crippen LogP contribution in [0.5, 0.6) is 0 Å². The molecule has 0 aliphatic carbocycles. The van der Waals surface area contributed by atoms with Crippen LogP contribution < -0.4 is 16.1 Å². The fourth-order valence-electron chi connectivity index (χ4n) is 2.71. The van der Waals surface area contributed by atoms with Crippen molar-refractivity contribution in [1.82, 2.24) is 21.0 Å². The molecule has 7 nitrogen and oxygen atoms in total. The van der Waals surface area contributed by atoms with Crippen LogP contribution in [0.2, 0.25) is 0 Å². The number of carbonyl (C=O) groups is 1. The molecule has 0 saturated carbocycles. The Kier molecular flexibility index (Phi) is 3.53. The molecule has 9 heteroatoms. The zero-order chi connectivity index (χ0) is 14.3. The highest BCUT2D eigenvalue weighted by Gasteiger charge is 2.61. The maximum atomic E-state index is 13.8. The first-order valence-electron chi connectivity index (χ1n) is 6.65. The molecule has 2 amide bonds. The number of likely N-dealkylation sites (N-methyl/N-ethyl adjacent to an activating group) is 1. The van der Waals surface area contributed by atoms with Crippen LogP contribution in [-0.2, 0) is 9.57 Å². The summed E-state index contributed by atoms with van der Waals surface area (Å²) in [5.74, 6) is -2.89.